The number of pyridine rings is 1. The Morgan fingerprint density at radius 1 is 1.23 bits per heavy atom. The number of imidazole rings is 1. The molecular formula is C20H24N4O2. The summed E-state index contributed by atoms with van der Waals surface area (Å²) in [5, 5.41) is 2.98. The molecule has 1 amide bonds. The molecule has 2 aromatic heterocycles. The summed E-state index contributed by atoms with van der Waals surface area (Å²) >= 11 is 0. The monoisotopic (exact) mass is 352 g/mol. The third-order valence-corrected chi connectivity index (χ3v) is 4.18. The van der Waals surface area contributed by atoms with Crippen LogP contribution < -0.4 is 5.32 Å². The van der Waals surface area contributed by atoms with Crippen molar-refractivity contribution in [2.45, 2.75) is 6.54 Å². The Morgan fingerprint density at radius 2 is 2.04 bits per heavy atom. The van der Waals surface area contributed by atoms with Gasteiger partial charge in [-0.25, -0.2) is 4.98 Å². The highest BCUT2D eigenvalue weighted by molar-refractivity contribution is 5.77. The van der Waals surface area contributed by atoms with Crippen molar-refractivity contribution in [1.29, 1.82) is 0 Å². The van der Waals surface area contributed by atoms with Crippen LogP contribution in [0.1, 0.15) is 5.56 Å². The first kappa shape index (κ1) is 18.1. The number of nitrogens with one attached hydrogen (secondary N) is 1. The summed E-state index contributed by atoms with van der Waals surface area (Å²) in [7, 11) is 3.65. The Hall–Kier alpha value is -2.70. The number of aromatic nitrogens is 2. The van der Waals surface area contributed by atoms with Crippen molar-refractivity contribution in [2.75, 3.05) is 33.9 Å². The number of nitrogens with zero attached hydrogens (tertiary/aromatic N) is 3. The highest BCUT2D eigenvalue weighted by Gasteiger charge is 2.10. The van der Waals surface area contributed by atoms with Crippen LogP contribution in [0.15, 0.2) is 54.9 Å². The number of amides is 1. The SMILES string of the molecule is CNCCOCC(=O)N(C)Cc1ccc(-c2cn3ccccc3n2)cc1. The molecule has 0 fully saturated rings. The van der Waals surface area contributed by atoms with E-state index in [0.29, 0.717) is 13.2 Å². The lowest BCUT2D eigenvalue weighted by Crippen LogP contribution is -2.30. The van der Waals surface area contributed by atoms with Crippen LogP contribution in [0.25, 0.3) is 16.9 Å². The minimum Gasteiger partial charge on any atom is -0.370 e. The number of carbonyl (C=O) groups is 1. The third-order valence-electron chi connectivity index (χ3n) is 4.18. The zero-order chi connectivity index (χ0) is 18.4. The van der Waals surface area contributed by atoms with E-state index in [4.69, 9.17) is 4.74 Å². The van der Waals surface area contributed by atoms with E-state index in [1.165, 1.54) is 0 Å². The van der Waals surface area contributed by atoms with Gasteiger partial charge in [-0.05, 0) is 24.7 Å². The van der Waals surface area contributed by atoms with Gasteiger partial charge in [0.1, 0.15) is 12.3 Å². The number of likely N-dealkylation sites (N-methyl/N-ethyl adjacent to an activating group) is 2. The molecule has 2 heterocycles. The molecule has 0 saturated carbocycles. The second kappa shape index (κ2) is 8.60. The van der Waals surface area contributed by atoms with E-state index in [2.05, 4.69) is 10.3 Å². The predicted molar refractivity (Wildman–Crippen MR) is 102 cm³/mol. The zero-order valence-corrected chi connectivity index (χ0v) is 15.2. The summed E-state index contributed by atoms with van der Waals surface area (Å²) < 4.78 is 7.34. The average molecular weight is 352 g/mol. The van der Waals surface area contributed by atoms with Crippen molar-refractivity contribution in [3.8, 4) is 11.3 Å². The Bertz CT molecular complexity index is 825. The van der Waals surface area contributed by atoms with Crippen LogP contribution in [0.2, 0.25) is 0 Å². The highest BCUT2D eigenvalue weighted by Crippen LogP contribution is 2.20. The maximum atomic E-state index is 12.1. The van der Waals surface area contributed by atoms with Crippen molar-refractivity contribution in [3.05, 3.63) is 60.4 Å². The van der Waals surface area contributed by atoms with Crippen LogP contribution in [0.3, 0.4) is 0 Å². The number of fused-ring (bicyclic) bond motifs is 1. The van der Waals surface area contributed by atoms with Crippen molar-refractivity contribution in [3.63, 3.8) is 0 Å². The number of benzene rings is 1. The Morgan fingerprint density at radius 3 is 2.77 bits per heavy atom. The van der Waals surface area contributed by atoms with Gasteiger partial charge in [0.25, 0.3) is 0 Å². The first-order valence-corrected chi connectivity index (χ1v) is 8.67. The van der Waals surface area contributed by atoms with Gasteiger partial charge in [-0.15, -0.1) is 0 Å². The lowest BCUT2D eigenvalue weighted by molar-refractivity contribution is -0.135. The van der Waals surface area contributed by atoms with E-state index in [0.717, 1.165) is 29.0 Å². The number of rotatable bonds is 8. The van der Waals surface area contributed by atoms with Gasteiger partial charge in [-0.2, -0.15) is 0 Å². The molecule has 0 aliphatic rings. The van der Waals surface area contributed by atoms with Crippen LogP contribution in [-0.4, -0.2) is 54.0 Å². The van der Waals surface area contributed by atoms with E-state index in [1.807, 2.05) is 66.3 Å². The molecule has 0 aliphatic carbocycles. The summed E-state index contributed by atoms with van der Waals surface area (Å²) in [6, 6.07) is 14.1. The lowest BCUT2D eigenvalue weighted by atomic mass is 10.1. The maximum absolute atomic E-state index is 12.1. The third kappa shape index (κ3) is 4.47. The van der Waals surface area contributed by atoms with Crippen molar-refractivity contribution in [2.24, 2.45) is 0 Å². The largest absolute Gasteiger partial charge is 0.370 e. The molecule has 0 aliphatic heterocycles. The second-order valence-corrected chi connectivity index (χ2v) is 6.20. The van der Waals surface area contributed by atoms with E-state index in [1.54, 1.807) is 11.9 Å². The van der Waals surface area contributed by atoms with Gasteiger partial charge >= 0.3 is 0 Å². The van der Waals surface area contributed by atoms with E-state index in [9.17, 15) is 4.79 Å². The van der Waals surface area contributed by atoms with E-state index in [-0.39, 0.29) is 12.5 Å². The molecule has 136 valence electrons. The standard InChI is InChI=1S/C20H24N4O2/c1-21-10-12-26-15-20(25)23(2)13-16-6-8-17(9-7-16)18-14-24-11-4-3-5-19(24)22-18/h3-9,11,14,21H,10,12-13,15H2,1-2H3. The highest BCUT2D eigenvalue weighted by atomic mass is 16.5. The van der Waals surface area contributed by atoms with Crippen LogP contribution in [0.4, 0.5) is 0 Å². The molecule has 6 heteroatoms. The molecule has 0 spiro atoms. The zero-order valence-electron chi connectivity index (χ0n) is 15.2. The maximum Gasteiger partial charge on any atom is 0.248 e. The van der Waals surface area contributed by atoms with Gasteiger partial charge in [-0.1, -0.05) is 30.3 Å². The van der Waals surface area contributed by atoms with E-state index >= 15 is 0 Å². The quantitative estimate of drug-likeness (QED) is 0.632. The molecule has 0 unspecified atom stereocenters. The molecule has 6 nitrogen and oxygen atoms in total. The summed E-state index contributed by atoms with van der Waals surface area (Å²) in [4.78, 5) is 18.4. The van der Waals surface area contributed by atoms with Gasteiger partial charge < -0.3 is 19.4 Å². The fraction of sp³-hybridized carbons (Fsp3) is 0.300. The normalized spacial score (nSPS) is 11.0. The van der Waals surface area contributed by atoms with Crippen molar-refractivity contribution >= 4 is 11.6 Å². The van der Waals surface area contributed by atoms with Gasteiger partial charge in [0.2, 0.25) is 5.91 Å². The van der Waals surface area contributed by atoms with E-state index < -0.39 is 0 Å². The van der Waals surface area contributed by atoms with Gasteiger partial charge in [0.05, 0.1) is 12.3 Å². The first-order valence-electron chi connectivity index (χ1n) is 8.67. The fourth-order valence-electron chi connectivity index (χ4n) is 2.66. The molecule has 1 aromatic carbocycles. The second-order valence-electron chi connectivity index (χ2n) is 6.20. The molecule has 0 bridgehead atoms. The number of hydrogen-bond donors (Lipinski definition) is 1. The molecule has 3 aromatic rings. The molecule has 3 rings (SSSR count). The van der Waals surface area contributed by atoms with Gasteiger partial charge in [0.15, 0.2) is 0 Å². The van der Waals surface area contributed by atoms with Crippen LogP contribution in [0.5, 0.6) is 0 Å². The summed E-state index contributed by atoms with van der Waals surface area (Å²) in [5.41, 5.74) is 3.99. The number of hydrogen-bond acceptors (Lipinski definition) is 4. The predicted octanol–water partition coefficient (Wildman–Crippen LogP) is 2.20. The Balaban J connectivity index is 1.59. The Labute approximate surface area is 153 Å². The average Bonchev–Trinajstić information content (AvgIpc) is 3.10. The molecule has 26 heavy (non-hydrogen) atoms. The molecule has 0 atom stereocenters. The Kier molecular flexibility index (Phi) is 5.99. The van der Waals surface area contributed by atoms with Crippen molar-refractivity contribution < 1.29 is 9.53 Å². The molecule has 1 N–H and O–H groups in total. The molecule has 0 saturated heterocycles. The summed E-state index contributed by atoms with van der Waals surface area (Å²) in [5.74, 6) is -0.0227. The smallest absolute Gasteiger partial charge is 0.248 e. The topological polar surface area (TPSA) is 58.9 Å². The number of carbonyl (C=O) groups excluding carboxylic acids is 1. The minimum absolute atomic E-state index is 0.0227. The molecular weight excluding hydrogens is 328 g/mol. The lowest BCUT2D eigenvalue weighted by Gasteiger charge is -2.17. The summed E-state index contributed by atoms with van der Waals surface area (Å²) in [6.07, 6.45) is 4.00. The molecule has 0 radical (unpaired) electrons. The number of ether oxygens (including phenoxy) is 1. The van der Waals surface area contributed by atoms with Crippen LogP contribution in [0, 0.1) is 0 Å². The van der Waals surface area contributed by atoms with Gasteiger partial charge in [-0.3, -0.25) is 4.79 Å². The van der Waals surface area contributed by atoms with Gasteiger partial charge in [0, 0.05) is 38.1 Å². The summed E-state index contributed by atoms with van der Waals surface area (Å²) in [6.45, 7) is 1.93. The van der Waals surface area contributed by atoms with Crippen molar-refractivity contribution in [1.82, 2.24) is 19.6 Å². The fourth-order valence-corrected chi connectivity index (χ4v) is 2.66. The minimum atomic E-state index is -0.0227. The first-order chi connectivity index (χ1) is 12.7. The van der Waals surface area contributed by atoms with Crippen LogP contribution >= 0.6 is 0 Å². The van der Waals surface area contributed by atoms with Crippen LogP contribution in [-0.2, 0) is 16.1 Å².